The molecule has 0 aliphatic carbocycles. The van der Waals surface area contributed by atoms with Gasteiger partial charge in [0.05, 0.1) is 13.2 Å². The second kappa shape index (κ2) is 7.09. The highest BCUT2D eigenvalue weighted by Crippen LogP contribution is 2.30. The van der Waals surface area contributed by atoms with Crippen molar-refractivity contribution in [3.63, 3.8) is 0 Å². The average molecular weight is 342 g/mol. The highest BCUT2D eigenvalue weighted by Gasteiger charge is 2.17. The Morgan fingerprint density at radius 3 is 1.36 bits per heavy atom. The molecule has 0 fully saturated rings. The van der Waals surface area contributed by atoms with Crippen LogP contribution >= 0.6 is 0 Å². The van der Waals surface area contributed by atoms with Gasteiger partial charge in [-0.2, -0.15) is 0 Å². The topological polar surface area (TPSA) is 49.7 Å². The SMILES string of the molecule is CC(C)(C)c1ccc(O)c(COCc2cc(C(C)(C)C)ccc2O)c1. The molecular formula is C22H30O3. The second-order valence-electron chi connectivity index (χ2n) is 8.68. The lowest BCUT2D eigenvalue weighted by atomic mass is 9.86. The van der Waals surface area contributed by atoms with Crippen molar-refractivity contribution < 1.29 is 14.9 Å². The largest absolute Gasteiger partial charge is 0.508 e. The van der Waals surface area contributed by atoms with Crippen LogP contribution in [0.5, 0.6) is 11.5 Å². The average Bonchev–Trinajstić information content (AvgIpc) is 2.48. The number of ether oxygens (including phenoxy) is 1. The quantitative estimate of drug-likeness (QED) is 0.781. The first kappa shape index (κ1) is 19.3. The molecule has 0 saturated carbocycles. The van der Waals surface area contributed by atoms with E-state index in [9.17, 15) is 10.2 Å². The molecule has 3 heteroatoms. The lowest BCUT2D eigenvalue weighted by Gasteiger charge is -2.21. The van der Waals surface area contributed by atoms with Crippen molar-refractivity contribution >= 4 is 0 Å². The summed E-state index contributed by atoms with van der Waals surface area (Å²) in [5.74, 6) is 0.473. The molecule has 0 bridgehead atoms. The van der Waals surface area contributed by atoms with E-state index >= 15 is 0 Å². The zero-order valence-electron chi connectivity index (χ0n) is 16.2. The minimum Gasteiger partial charge on any atom is -0.508 e. The van der Waals surface area contributed by atoms with Gasteiger partial charge in [-0.3, -0.25) is 0 Å². The molecule has 0 aromatic heterocycles. The molecule has 2 N–H and O–H groups in total. The van der Waals surface area contributed by atoms with E-state index in [1.165, 1.54) is 0 Å². The predicted molar refractivity (Wildman–Crippen MR) is 102 cm³/mol. The van der Waals surface area contributed by atoms with Crippen LogP contribution in [0.1, 0.15) is 63.8 Å². The maximum absolute atomic E-state index is 10.1. The maximum Gasteiger partial charge on any atom is 0.121 e. The number of rotatable bonds is 4. The summed E-state index contributed by atoms with van der Waals surface area (Å²) in [6, 6.07) is 11.3. The molecular weight excluding hydrogens is 312 g/mol. The summed E-state index contributed by atoms with van der Waals surface area (Å²) in [5, 5.41) is 20.1. The third-order valence-corrected chi connectivity index (χ3v) is 4.41. The normalized spacial score (nSPS) is 12.4. The summed E-state index contributed by atoms with van der Waals surface area (Å²) in [4.78, 5) is 0. The summed E-state index contributed by atoms with van der Waals surface area (Å²) in [7, 11) is 0. The molecule has 136 valence electrons. The van der Waals surface area contributed by atoms with Gasteiger partial charge in [-0.15, -0.1) is 0 Å². The van der Waals surface area contributed by atoms with Gasteiger partial charge in [-0.1, -0.05) is 53.7 Å². The van der Waals surface area contributed by atoms with E-state index in [0.29, 0.717) is 13.2 Å². The van der Waals surface area contributed by atoms with Gasteiger partial charge < -0.3 is 14.9 Å². The lowest BCUT2D eigenvalue weighted by molar-refractivity contribution is 0.103. The molecule has 2 aromatic carbocycles. The fourth-order valence-electron chi connectivity index (χ4n) is 2.61. The molecule has 0 heterocycles. The van der Waals surface area contributed by atoms with Crippen molar-refractivity contribution in [1.82, 2.24) is 0 Å². The molecule has 0 unspecified atom stereocenters. The van der Waals surface area contributed by atoms with Gasteiger partial charge in [0.15, 0.2) is 0 Å². The van der Waals surface area contributed by atoms with Crippen LogP contribution in [0.2, 0.25) is 0 Å². The van der Waals surface area contributed by atoms with Crippen LogP contribution in [-0.4, -0.2) is 10.2 Å². The molecule has 0 aliphatic rings. The summed E-state index contributed by atoms with van der Waals surface area (Å²) >= 11 is 0. The summed E-state index contributed by atoms with van der Waals surface area (Å²) < 4.78 is 5.78. The van der Waals surface area contributed by atoms with Crippen LogP contribution < -0.4 is 0 Å². The van der Waals surface area contributed by atoms with Gasteiger partial charge in [-0.05, 0) is 46.2 Å². The second-order valence-corrected chi connectivity index (χ2v) is 8.68. The van der Waals surface area contributed by atoms with E-state index < -0.39 is 0 Å². The van der Waals surface area contributed by atoms with Crippen molar-refractivity contribution in [3.8, 4) is 11.5 Å². The number of phenolic OH excluding ortho intramolecular Hbond substituents is 2. The molecule has 0 amide bonds. The van der Waals surface area contributed by atoms with Crippen molar-refractivity contribution in [2.24, 2.45) is 0 Å². The van der Waals surface area contributed by atoms with E-state index in [-0.39, 0.29) is 22.3 Å². The third-order valence-electron chi connectivity index (χ3n) is 4.41. The van der Waals surface area contributed by atoms with E-state index in [1.54, 1.807) is 12.1 Å². The van der Waals surface area contributed by atoms with Crippen LogP contribution in [0.4, 0.5) is 0 Å². The van der Waals surface area contributed by atoms with Crippen LogP contribution in [-0.2, 0) is 28.8 Å². The molecule has 2 rings (SSSR count). The van der Waals surface area contributed by atoms with Crippen molar-refractivity contribution in [1.29, 1.82) is 0 Å². The highest BCUT2D eigenvalue weighted by atomic mass is 16.5. The number of hydrogen-bond acceptors (Lipinski definition) is 3. The monoisotopic (exact) mass is 342 g/mol. The van der Waals surface area contributed by atoms with Crippen LogP contribution in [0.25, 0.3) is 0 Å². The Morgan fingerprint density at radius 1 is 0.680 bits per heavy atom. The number of aromatic hydroxyl groups is 2. The first-order chi connectivity index (χ1) is 11.5. The molecule has 0 aliphatic heterocycles. The zero-order valence-corrected chi connectivity index (χ0v) is 16.2. The Bertz CT molecular complexity index is 670. The molecule has 0 spiro atoms. The van der Waals surface area contributed by atoms with Crippen molar-refractivity contribution in [3.05, 3.63) is 58.7 Å². The summed E-state index contributed by atoms with van der Waals surface area (Å²) in [6.07, 6.45) is 0. The predicted octanol–water partition coefficient (Wildman–Crippen LogP) is 5.41. The van der Waals surface area contributed by atoms with Crippen molar-refractivity contribution in [2.45, 2.75) is 65.6 Å². The van der Waals surface area contributed by atoms with Gasteiger partial charge in [0, 0.05) is 11.1 Å². The Morgan fingerprint density at radius 2 is 1.04 bits per heavy atom. The van der Waals surface area contributed by atoms with Gasteiger partial charge in [0.2, 0.25) is 0 Å². The van der Waals surface area contributed by atoms with Crippen molar-refractivity contribution in [2.75, 3.05) is 0 Å². The molecule has 2 aromatic rings. The molecule has 0 atom stereocenters. The van der Waals surface area contributed by atoms with Crippen LogP contribution in [0.3, 0.4) is 0 Å². The summed E-state index contributed by atoms with van der Waals surface area (Å²) in [6.45, 7) is 13.4. The Labute approximate surface area is 151 Å². The summed E-state index contributed by atoms with van der Waals surface area (Å²) in [5.41, 5.74) is 3.87. The molecule has 3 nitrogen and oxygen atoms in total. The smallest absolute Gasteiger partial charge is 0.121 e. The fraction of sp³-hybridized carbons (Fsp3) is 0.455. The minimum absolute atomic E-state index is 0.0156. The third kappa shape index (κ3) is 4.99. The first-order valence-corrected chi connectivity index (χ1v) is 8.71. The Kier molecular flexibility index (Phi) is 5.48. The maximum atomic E-state index is 10.1. The molecule has 0 radical (unpaired) electrons. The lowest BCUT2D eigenvalue weighted by Crippen LogP contribution is -2.12. The molecule has 0 saturated heterocycles. The Balaban J connectivity index is 2.11. The Hall–Kier alpha value is -2.00. The van der Waals surface area contributed by atoms with Gasteiger partial charge in [-0.25, -0.2) is 0 Å². The minimum atomic E-state index is 0.0156. The first-order valence-electron chi connectivity index (χ1n) is 8.71. The molecule has 25 heavy (non-hydrogen) atoms. The van der Waals surface area contributed by atoms with E-state index in [2.05, 4.69) is 41.5 Å². The van der Waals surface area contributed by atoms with Gasteiger partial charge >= 0.3 is 0 Å². The number of benzene rings is 2. The van der Waals surface area contributed by atoms with Gasteiger partial charge in [0.25, 0.3) is 0 Å². The zero-order chi connectivity index (χ0) is 18.8. The van der Waals surface area contributed by atoms with Crippen LogP contribution in [0.15, 0.2) is 36.4 Å². The number of phenols is 2. The standard InChI is InChI=1S/C22H30O3/c1-21(2,3)17-7-9-19(23)15(11-17)13-25-14-16-12-18(22(4,5)6)8-10-20(16)24/h7-12,23-24H,13-14H2,1-6H3. The van der Waals surface area contributed by atoms with E-state index in [0.717, 1.165) is 22.3 Å². The highest BCUT2D eigenvalue weighted by molar-refractivity contribution is 5.39. The van der Waals surface area contributed by atoms with Crippen LogP contribution in [0, 0.1) is 0 Å². The number of hydrogen-bond donors (Lipinski definition) is 2. The fourth-order valence-corrected chi connectivity index (χ4v) is 2.61. The van der Waals surface area contributed by atoms with E-state index in [4.69, 9.17) is 4.74 Å². The van der Waals surface area contributed by atoms with Gasteiger partial charge in [0.1, 0.15) is 11.5 Å². The van der Waals surface area contributed by atoms with E-state index in [1.807, 2.05) is 24.3 Å².